The minimum absolute atomic E-state index is 0.0214. The number of esters is 1. The van der Waals surface area contributed by atoms with Crippen LogP contribution in [-0.2, 0) is 4.74 Å². The highest BCUT2D eigenvalue weighted by Gasteiger charge is 2.16. The molecule has 0 aliphatic heterocycles. The second-order valence-electron chi connectivity index (χ2n) is 2.80. The second kappa shape index (κ2) is 5.66. The summed E-state index contributed by atoms with van der Waals surface area (Å²) >= 11 is 1.51. The molecular weight excluding hydrogens is 212 g/mol. The first kappa shape index (κ1) is 11.9. The van der Waals surface area contributed by atoms with Crippen molar-refractivity contribution in [3.05, 3.63) is 23.8 Å². The van der Waals surface area contributed by atoms with Gasteiger partial charge in [0.1, 0.15) is 11.3 Å². The monoisotopic (exact) mass is 226 g/mol. The third-order valence-electron chi connectivity index (χ3n) is 1.78. The summed E-state index contributed by atoms with van der Waals surface area (Å²) in [5.41, 5.74) is 0.270. The van der Waals surface area contributed by atoms with Gasteiger partial charge in [0.05, 0.1) is 6.61 Å². The van der Waals surface area contributed by atoms with Gasteiger partial charge in [0.15, 0.2) is 0 Å². The van der Waals surface area contributed by atoms with E-state index in [1.807, 2.05) is 6.92 Å². The smallest absolute Gasteiger partial charge is 0.343 e. The Hall–Kier alpha value is -1.16. The zero-order chi connectivity index (χ0) is 11.3. The Labute approximate surface area is 93.4 Å². The normalized spacial score (nSPS) is 10.0. The number of thioether (sulfide) groups is 1. The molecule has 1 aromatic rings. The first-order valence-electron chi connectivity index (χ1n) is 4.82. The number of phenolic OH excluding ortho intramolecular Hbond substituents is 1. The van der Waals surface area contributed by atoms with E-state index in [4.69, 9.17) is 4.74 Å². The van der Waals surface area contributed by atoms with Gasteiger partial charge in [0.2, 0.25) is 0 Å². The molecule has 0 fully saturated rings. The lowest BCUT2D eigenvalue weighted by Gasteiger charge is -2.08. The molecule has 4 heteroatoms. The first-order valence-corrected chi connectivity index (χ1v) is 5.81. The Kier molecular flexibility index (Phi) is 4.49. The maximum absolute atomic E-state index is 11.6. The highest BCUT2D eigenvalue weighted by Crippen LogP contribution is 2.29. The third kappa shape index (κ3) is 2.89. The minimum Gasteiger partial charge on any atom is -0.507 e. The van der Waals surface area contributed by atoms with E-state index < -0.39 is 5.97 Å². The molecule has 0 atom stereocenters. The maximum Gasteiger partial charge on any atom is 0.343 e. The first-order chi connectivity index (χ1) is 7.20. The number of benzene rings is 1. The molecule has 0 unspecified atom stereocenters. The van der Waals surface area contributed by atoms with Gasteiger partial charge in [-0.2, -0.15) is 0 Å². The quantitative estimate of drug-likeness (QED) is 0.633. The largest absolute Gasteiger partial charge is 0.507 e. The second-order valence-corrected chi connectivity index (χ2v) is 4.11. The number of rotatable bonds is 4. The molecular formula is C11H14O3S. The van der Waals surface area contributed by atoms with E-state index in [-0.39, 0.29) is 11.3 Å². The molecule has 82 valence electrons. The van der Waals surface area contributed by atoms with Crippen LogP contribution >= 0.6 is 11.8 Å². The van der Waals surface area contributed by atoms with Crippen LogP contribution in [-0.4, -0.2) is 23.4 Å². The van der Waals surface area contributed by atoms with E-state index in [0.29, 0.717) is 6.61 Å². The maximum atomic E-state index is 11.6. The average molecular weight is 226 g/mol. The predicted molar refractivity (Wildman–Crippen MR) is 60.5 cm³/mol. The van der Waals surface area contributed by atoms with Crippen LogP contribution in [0.15, 0.2) is 23.1 Å². The van der Waals surface area contributed by atoms with Gasteiger partial charge in [-0.25, -0.2) is 4.79 Å². The van der Waals surface area contributed by atoms with Crippen molar-refractivity contribution in [2.75, 3.05) is 12.4 Å². The standard InChI is InChI=1S/C11H14O3S/c1-3-14-11(13)10-8(12)6-5-7-9(10)15-4-2/h5-7,12H,3-4H2,1-2H3. The minimum atomic E-state index is -0.466. The molecule has 0 aliphatic rings. The summed E-state index contributed by atoms with van der Waals surface area (Å²) < 4.78 is 4.88. The summed E-state index contributed by atoms with van der Waals surface area (Å²) in [4.78, 5) is 12.3. The van der Waals surface area contributed by atoms with Gasteiger partial charge in [-0.1, -0.05) is 13.0 Å². The Morgan fingerprint density at radius 2 is 2.20 bits per heavy atom. The summed E-state index contributed by atoms with van der Waals surface area (Å²) in [6.45, 7) is 4.04. The molecule has 0 spiro atoms. The van der Waals surface area contributed by atoms with E-state index in [0.717, 1.165) is 10.6 Å². The van der Waals surface area contributed by atoms with E-state index in [9.17, 15) is 9.90 Å². The number of phenols is 1. The van der Waals surface area contributed by atoms with Crippen molar-refractivity contribution in [1.29, 1.82) is 0 Å². The lowest BCUT2D eigenvalue weighted by atomic mass is 10.2. The number of aromatic hydroxyl groups is 1. The van der Waals surface area contributed by atoms with Crippen molar-refractivity contribution in [2.45, 2.75) is 18.7 Å². The molecule has 0 bridgehead atoms. The molecule has 1 aromatic carbocycles. The Balaban J connectivity index is 3.06. The molecule has 0 saturated carbocycles. The van der Waals surface area contributed by atoms with Crippen LogP contribution in [0.4, 0.5) is 0 Å². The summed E-state index contributed by atoms with van der Waals surface area (Å²) in [6, 6.07) is 5.02. The molecule has 3 nitrogen and oxygen atoms in total. The van der Waals surface area contributed by atoms with Crippen LogP contribution in [0, 0.1) is 0 Å². The molecule has 15 heavy (non-hydrogen) atoms. The van der Waals surface area contributed by atoms with Crippen molar-refractivity contribution >= 4 is 17.7 Å². The summed E-state index contributed by atoms with van der Waals surface area (Å²) in [5.74, 6) is 0.356. The van der Waals surface area contributed by atoms with Crippen LogP contribution in [0.2, 0.25) is 0 Å². The molecule has 0 heterocycles. The lowest BCUT2D eigenvalue weighted by Crippen LogP contribution is -2.06. The van der Waals surface area contributed by atoms with E-state index >= 15 is 0 Å². The molecule has 1 rings (SSSR count). The fourth-order valence-electron chi connectivity index (χ4n) is 1.20. The van der Waals surface area contributed by atoms with Crippen molar-refractivity contribution in [3.63, 3.8) is 0 Å². The van der Waals surface area contributed by atoms with Crippen LogP contribution in [0.25, 0.3) is 0 Å². The topological polar surface area (TPSA) is 46.5 Å². The van der Waals surface area contributed by atoms with Crippen molar-refractivity contribution < 1.29 is 14.6 Å². The average Bonchev–Trinajstić information content (AvgIpc) is 2.18. The van der Waals surface area contributed by atoms with Crippen LogP contribution < -0.4 is 0 Å². The van der Waals surface area contributed by atoms with Crippen molar-refractivity contribution in [3.8, 4) is 5.75 Å². The van der Waals surface area contributed by atoms with Gasteiger partial charge in [-0.3, -0.25) is 0 Å². The van der Waals surface area contributed by atoms with Gasteiger partial charge < -0.3 is 9.84 Å². The van der Waals surface area contributed by atoms with Crippen LogP contribution in [0.5, 0.6) is 5.75 Å². The zero-order valence-electron chi connectivity index (χ0n) is 8.82. The number of hydrogen-bond acceptors (Lipinski definition) is 4. The Morgan fingerprint density at radius 3 is 2.80 bits per heavy atom. The van der Waals surface area contributed by atoms with E-state index in [1.165, 1.54) is 17.8 Å². The lowest BCUT2D eigenvalue weighted by molar-refractivity contribution is 0.0519. The molecule has 0 radical (unpaired) electrons. The molecule has 0 aliphatic carbocycles. The summed E-state index contributed by atoms with van der Waals surface area (Å²) in [6.07, 6.45) is 0. The SMILES string of the molecule is CCOC(=O)c1c(O)cccc1SCC. The third-order valence-corrected chi connectivity index (χ3v) is 2.72. The number of carbonyl (C=O) groups excluding carboxylic acids is 1. The Morgan fingerprint density at radius 1 is 1.47 bits per heavy atom. The van der Waals surface area contributed by atoms with Gasteiger partial charge in [0.25, 0.3) is 0 Å². The predicted octanol–water partition coefficient (Wildman–Crippen LogP) is 2.68. The van der Waals surface area contributed by atoms with Crippen LogP contribution in [0.1, 0.15) is 24.2 Å². The Bertz CT molecular complexity index is 350. The van der Waals surface area contributed by atoms with Gasteiger partial charge in [-0.05, 0) is 24.8 Å². The van der Waals surface area contributed by atoms with Crippen molar-refractivity contribution in [1.82, 2.24) is 0 Å². The van der Waals surface area contributed by atoms with E-state index in [1.54, 1.807) is 19.1 Å². The highest BCUT2D eigenvalue weighted by atomic mass is 32.2. The highest BCUT2D eigenvalue weighted by molar-refractivity contribution is 7.99. The van der Waals surface area contributed by atoms with Crippen LogP contribution in [0.3, 0.4) is 0 Å². The van der Waals surface area contributed by atoms with E-state index in [2.05, 4.69) is 0 Å². The summed E-state index contributed by atoms with van der Waals surface area (Å²) in [5, 5.41) is 9.60. The molecule has 0 saturated heterocycles. The fourth-order valence-corrected chi connectivity index (χ4v) is 2.02. The molecule has 0 amide bonds. The zero-order valence-corrected chi connectivity index (χ0v) is 9.63. The van der Waals surface area contributed by atoms with Gasteiger partial charge >= 0.3 is 5.97 Å². The fraction of sp³-hybridized carbons (Fsp3) is 0.364. The summed E-state index contributed by atoms with van der Waals surface area (Å²) in [7, 11) is 0. The van der Waals surface area contributed by atoms with Gasteiger partial charge in [0, 0.05) is 4.90 Å². The molecule has 1 N–H and O–H groups in total. The van der Waals surface area contributed by atoms with Gasteiger partial charge in [-0.15, -0.1) is 11.8 Å². The molecule has 0 aromatic heterocycles. The number of ether oxygens (including phenoxy) is 1. The number of hydrogen-bond donors (Lipinski definition) is 1. The van der Waals surface area contributed by atoms with Crippen molar-refractivity contribution in [2.24, 2.45) is 0 Å². The number of carbonyl (C=O) groups is 1.